The lowest BCUT2D eigenvalue weighted by molar-refractivity contribution is -0.151. The molecule has 2 heterocycles. The molecular formula is C25H27ClN2O4. The number of aromatic amines is 1. The third-order valence-corrected chi connectivity index (χ3v) is 6.31. The second-order valence-electron chi connectivity index (χ2n) is 8.27. The van der Waals surface area contributed by atoms with Crippen LogP contribution >= 0.6 is 11.6 Å². The third kappa shape index (κ3) is 4.00. The van der Waals surface area contributed by atoms with Crippen molar-refractivity contribution in [2.45, 2.75) is 45.8 Å². The smallest absolute Gasteiger partial charge is 0.314 e. The van der Waals surface area contributed by atoms with Gasteiger partial charge in [-0.25, -0.2) is 0 Å². The number of ether oxygens (including phenoxy) is 2. The molecule has 0 radical (unpaired) electrons. The third-order valence-electron chi connectivity index (χ3n) is 6.06. The van der Waals surface area contributed by atoms with Crippen LogP contribution in [-0.4, -0.2) is 36.6 Å². The van der Waals surface area contributed by atoms with Crippen molar-refractivity contribution >= 4 is 34.3 Å². The summed E-state index contributed by atoms with van der Waals surface area (Å²) in [5.74, 6) is -0.575. The highest BCUT2D eigenvalue weighted by Crippen LogP contribution is 2.40. The van der Waals surface area contributed by atoms with Crippen LogP contribution < -0.4 is 10.1 Å². The molecule has 0 aliphatic carbocycles. The van der Waals surface area contributed by atoms with E-state index in [0.29, 0.717) is 27.3 Å². The van der Waals surface area contributed by atoms with Gasteiger partial charge >= 0.3 is 5.97 Å². The SMILES string of the molecule is COc1c(C)cc2[nH]c(C)c(C(C)C(=O)OC3CCCN3)c2c1C(=O)c1ccc(Cl)cc1. The number of carbonyl (C=O) groups excluding carboxylic acids is 2. The molecule has 32 heavy (non-hydrogen) atoms. The molecular weight excluding hydrogens is 428 g/mol. The Morgan fingerprint density at radius 1 is 1.19 bits per heavy atom. The van der Waals surface area contributed by atoms with E-state index in [4.69, 9.17) is 21.1 Å². The second kappa shape index (κ2) is 8.96. The zero-order valence-corrected chi connectivity index (χ0v) is 19.4. The first-order valence-electron chi connectivity index (χ1n) is 10.8. The quantitative estimate of drug-likeness (QED) is 0.403. The summed E-state index contributed by atoms with van der Waals surface area (Å²) in [6.07, 6.45) is 1.52. The monoisotopic (exact) mass is 454 g/mol. The highest BCUT2D eigenvalue weighted by molar-refractivity contribution is 6.30. The van der Waals surface area contributed by atoms with E-state index in [1.54, 1.807) is 31.4 Å². The lowest BCUT2D eigenvalue weighted by Crippen LogP contribution is -2.29. The Labute approximate surface area is 192 Å². The molecule has 1 saturated heterocycles. The summed E-state index contributed by atoms with van der Waals surface area (Å²) in [7, 11) is 1.55. The molecule has 0 amide bonds. The fourth-order valence-electron chi connectivity index (χ4n) is 4.51. The van der Waals surface area contributed by atoms with Crippen molar-refractivity contribution < 1.29 is 19.1 Å². The number of H-pyrrole nitrogens is 1. The zero-order valence-electron chi connectivity index (χ0n) is 18.7. The first kappa shape index (κ1) is 22.4. The minimum Gasteiger partial charge on any atom is -0.496 e. The fraction of sp³-hybridized carbons (Fsp3) is 0.360. The van der Waals surface area contributed by atoms with E-state index in [0.717, 1.165) is 41.7 Å². The number of aromatic nitrogens is 1. The van der Waals surface area contributed by atoms with Crippen LogP contribution in [0.1, 0.15) is 58.4 Å². The molecule has 1 fully saturated rings. The molecule has 1 aliphatic heterocycles. The number of nitrogens with one attached hydrogen (secondary N) is 2. The van der Waals surface area contributed by atoms with E-state index < -0.39 is 5.92 Å². The minimum absolute atomic E-state index is 0.189. The van der Waals surface area contributed by atoms with Gasteiger partial charge in [0, 0.05) is 27.2 Å². The van der Waals surface area contributed by atoms with Crippen LogP contribution in [0.5, 0.6) is 5.75 Å². The van der Waals surface area contributed by atoms with E-state index in [9.17, 15) is 9.59 Å². The first-order chi connectivity index (χ1) is 15.3. The molecule has 4 rings (SSSR count). The van der Waals surface area contributed by atoms with Crippen LogP contribution in [0.2, 0.25) is 5.02 Å². The lowest BCUT2D eigenvalue weighted by atomic mass is 9.90. The van der Waals surface area contributed by atoms with Gasteiger partial charge in [-0.2, -0.15) is 0 Å². The average molecular weight is 455 g/mol. The highest BCUT2D eigenvalue weighted by atomic mass is 35.5. The topological polar surface area (TPSA) is 80.4 Å². The predicted octanol–water partition coefficient (Wildman–Crippen LogP) is 5.03. The summed E-state index contributed by atoms with van der Waals surface area (Å²) in [4.78, 5) is 30.0. The van der Waals surface area contributed by atoms with Gasteiger partial charge < -0.3 is 14.5 Å². The van der Waals surface area contributed by atoms with Gasteiger partial charge in [0.2, 0.25) is 0 Å². The van der Waals surface area contributed by atoms with Crippen molar-refractivity contribution in [3.8, 4) is 5.75 Å². The molecule has 6 nitrogen and oxygen atoms in total. The van der Waals surface area contributed by atoms with Crippen molar-refractivity contribution in [2.24, 2.45) is 0 Å². The average Bonchev–Trinajstić information content (AvgIpc) is 3.39. The predicted molar refractivity (Wildman–Crippen MR) is 125 cm³/mol. The Balaban J connectivity index is 1.87. The van der Waals surface area contributed by atoms with E-state index >= 15 is 0 Å². The minimum atomic E-state index is -0.560. The number of aryl methyl sites for hydroxylation is 2. The molecule has 0 spiro atoms. The molecule has 7 heteroatoms. The number of esters is 1. The van der Waals surface area contributed by atoms with Crippen LogP contribution in [0.15, 0.2) is 30.3 Å². The van der Waals surface area contributed by atoms with Gasteiger partial charge in [0.1, 0.15) is 5.75 Å². The summed E-state index contributed by atoms with van der Waals surface area (Å²) >= 11 is 6.02. The van der Waals surface area contributed by atoms with E-state index in [2.05, 4.69) is 10.3 Å². The largest absolute Gasteiger partial charge is 0.496 e. The summed E-state index contributed by atoms with van der Waals surface area (Å²) in [5, 5.41) is 4.43. The number of methoxy groups -OCH3 is 1. The van der Waals surface area contributed by atoms with Gasteiger partial charge in [-0.1, -0.05) is 11.6 Å². The molecule has 2 aromatic carbocycles. The maximum Gasteiger partial charge on any atom is 0.314 e. The molecule has 0 saturated carbocycles. The zero-order chi connectivity index (χ0) is 23.0. The molecule has 2 atom stereocenters. The molecule has 3 aromatic rings. The number of ketones is 1. The van der Waals surface area contributed by atoms with Crippen molar-refractivity contribution in [3.63, 3.8) is 0 Å². The maximum absolute atomic E-state index is 13.7. The van der Waals surface area contributed by atoms with Gasteiger partial charge in [-0.15, -0.1) is 0 Å². The standard InChI is InChI=1S/C25H27ClN2O4/c1-13-12-18-21(22(24(13)31-4)23(29)16-7-9-17(26)10-8-16)20(15(3)28-18)14(2)25(30)32-19-6-5-11-27-19/h7-10,12,14,19,27-28H,5-6,11H2,1-4H3. The van der Waals surface area contributed by atoms with Gasteiger partial charge in [0.25, 0.3) is 0 Å². The lowest BCUT2D eigenvalue weighted by Gasteiger charge is -2.18. The molecule has 0 bridgehead atoms. The highest BCUT2D eigenvalue weighted by Gasteiger charge is 2.31. The number of rotatable bonds is 6. The van der Waals surface area contributed by atoms with Crippen molar-refractivity contribution in [1.29, 1.82) is 0 Å². The fourth-order valence-corrected chi connectivity index (χ4v) is 4.64. The number of carbonyl (C=O) groups is 2. The molecule has 1 aliphatic rings. The normalized spacial score (nSPS) is 16.8. The first-order valence-corrected chi connectivity index (χ1v) is 11.1. The molecule has 2 N–H and O–H groups in total. The Morgan fingerprint density at radius 3 is 2.53 bits per heavy atom. The van der Waals surface area contributed by atoms with Gasteiger partial charge in [-0.05, 0) is 81.6 Å². The molecule has 168 valence electrons. The molecule has 2 unspecified atom stereocenters. The number of fused-ring (bicyclic) bond motifs is 1. The Kier molecular flexibility index (Phi) is 6.26. The Morgan fingerprint density at radius 2 is 1.91 bits per heavy atom. The Hall–Kier alpha value is -2.83. The van der Waals surface area contributed by atoms with Crippen molar-refractivity contribution in [2.75, 3.05) is 13.7 Å². The summed E-state index contributed by atoms with van der Waals surface area (Å²) in [6, 6.07) is 8.71. The number of benzene rings is 2. The van der Waals surface area contributed by atoms with Crippen molar-refractivity contribution in [1.82, 2.24) is 10.3 Å². The van der Waals surface area contributed by atoms with Gasteiger partial charge in [0.15, 0.2) is 12.0 Å². The van der Waals surface area contributed by atoms with Crippen LogP contribution in [0.4, 0.5) is 0 Å². The van der Waals surface area contributed by atoms with Gasteiger partial charge in [-0.3, -0.25) is 14.9 Å². The van der Waals surface area contributed by atoms with E-state index in [1.165, 1.54) is 0 Å². The van der Waals surface area contributed by atoms with Crippen LogP contribution in [0, 0.1) is 13.8 Å². The maximum atomic E-state index is 13.7. The second-order valence-corrected chi connectivity index (χ2v) is 8.70. The van der Waals surface area contributed by atoms with E-state index in [-0.39, 0.29) is 18.0 Å². The van der Waals surface area contributed by atoms with Crippen LogP contribution in [0.25, 0.3) is 10.9 Å². The number of halogens is 1. The number of hydrogen-bond acceptors (Lipinski definition) is 5. The summed E-state index contributed by atoms with van der Waals surface area (Å²) in [6.45, 7) is 6.46. The van der Waals surface area contributed by atoms with E-state index in [1.807, 2.05) is 26.8 Å². The number of hydrogen-bond donors (Lipinski definition) is 2. The van der Waals surface area contributed by atoms with Crippen LogP contribution in [-0.2, 0) is 9.53 Å². The van der Waals surface area contributed by atoms with Crippen molar-refractivity contribution in [3.05, 3.63) is 63.3 Å². The summed E-state index contributed by atoms with van der Waals surface area (Å²) in [5.41, 5.74) is 4.11. The molecule has 1 aromatic heterocycles. The van der Waals surface area contributed by atoms with Gasteiger partial charge in [0.05, 0.1) is 18.6 Å². The summed E-state index contributed by atoms with van der Waals surface area (Å²) < 4.78 is 11.4. The Bertz CT molecular complexity index is 1180. The van der Waals surface area contributed by atoms with Crippen LogP contribution in [0.3, 0.4) is 0 Å².